The van der Waals surface area contributed by atoms with E-state index in [1.54, 1.807) is 14.2 Å². The first-order valence-electron chi connectivity index (χ1n) is 15.3. The van der Waals surface area contributed by atoms with Crippen LogP contribution in [0.5, 0.6) is 17.2 Å². The summed E-state index contributed by atoms with van der Waals surface area (Å²) < 4.78 is 16.4. The van der Waals surface area contributed by atoms with Gasteiger partial charge < -0.3 is 19.5 Å². The lowest BCUT2D eigenvalue weighted by Crippen LogP contribution is -2.34. The first-order valence-corrected chi connectivity index (χ1v) is 15.3. The van der Waals surface area contributed by atoms with Crippen LogP contribution in [0.2, 0.25) is 0 Å². The summed E-state index contributed by atoms with van der Waals surface area (Å²) in [5.74, 6) is 3.39. The highest BCUT2D eigenvalue weighted by molar-refractivity contribution is 6.02. The molecule has 0 radical (unpaired) electrons. The number of likely N-dealkylation sites (tertiary alicyclic amines) is 1. The lowest BCUT2D eigenvalue weighted by molar-refractivity contribution is 0.0895. The molecule has 0 amide bonds. The molecule has 1 aliphatic carbocycles. The Balaban J connectivity index is 0.000000244. The molecule has 0 saturated carbocycles. The van der Waals surface area contributed by atoms with Gasteiger partial charge in [-0.15, -0.1) is 0 Å². The highest BCUT2D eigenvalue weighted by Crippen LogP contribution is 2.40. The largest absolute Gasteiger partial charge is 0.497 e. The molecule has 3 aliphatic rings. The van der Waals surface area contributed by atoms with E-state index < -0.39 is 0 Å². The van der Waals surface area contributed by atoms with Crippen LogP contribution in [0.25, 0.3) is 6.08 Å². The molecule has 6 rings (SSSR count). The summed E-state index contributed by atoms with van der Waals surface area (Å²) in [4.78, 5) is 15.6. The van der Waals surface area contributed by atoms with Crippen molar-refractivity contribution in [3.05, 3.63) is 94.7 Å². The second kappa shape index (κ2) is 14.4. The van der Waals surface area contributed by atoms with Crippen LogP contribution in [0.1, 0.15) is 65.2 Å². The molecule has 1 atom stereocenters. The number of hydrogen-bond acceptors (Lipinski definition) is 6. The van der Waals surface area contributed by atoms with E-state index in [1.165, 1.54) is 29.5 Å². The fraction of sp³-hybridized carbons (Fsp3) is 0.417. The van der Waals surface area contributed by atoms with E-state index in [9.17, 15) is 4.79 Å². The van der Waals surface area contributed by atoms with E-state index in [0.29, 0.717) is 24.1 Å². The van der Waals surface area contributed by atoms with Crippen LogP contribution in [0.15, 0.2) is 66.9 Å². The van der Waals surface area contributed by atoms with E-state index in [1.807, 2.05) is 30.5 Å². The number of ether oxygens (including phenoxy) is 3. The Kier molecular flexibility index (Phi) is 10.2. The number of nitrogens with zero attached hydrogens (tertiary/aromatic N) is 1. The van der Waals surface area contributed by atoms with E-state index in [4.69, 9.17) is 14.2 Å². The molecule has 2 aliphatic heterocycles. The van der Waals surface area contributed by atoms with Crippen molar-refractivity contribution in [1.29, 1.82) is 0 Å². The van der Waals surface area contributed by atoms with E-state index in [2.05, 4.69) is 59.6 Å². The molecule has 0 bridgehead atoms. The third kappa shape index (κ3) is 7.35. The Morgan fingerprint density at radius 1 is 0.929 bits per heavy atom. The number of Topliss-reactive ketones (excluding diaryl/α,β-unsaturated/α-hetero) is 1. The fourth-order valence-electron chi connectivity index (χ4n) is 6.21. The van der Waals surface area contributed by atoms with Crippen molar-refractivity contribution < 1.29 is 19.0 Å². The summed E-state index contributed by atoms with van der Waals surface area (Å²) >= 11 is 0. The van der Waals surface area contributed by atoms with Gasteiger partial charge in [0.25, 0.3) is 0 Å². The summed E-state index contributed by atoms with van der Waals surface area (Å²) in [5.41, 5.74) is 5.90. The van der Waals surface area contributed by atoms with Crippen LogP contribution in [-0.2, 0) is 19.5 Å². The van der Waals surface area contributed by atoms with Crippen molar-refractivity contribution >= 4 is 11.9 Å². The van der Waals surface area contributed by atoms with Crippen LogP contribution < -0.4 is 19.5 Å². The Labute approximate surface area is 250 Å². The van der Waals surface area contributed by atoms with Gasteiger partial charge in [0.2, 0.25) is 0 Å². The number of carbonyl (C=O) groups is 1. The minimum Gasteiger partial charge on any atom is -0.497 e. The highest BCUT2D eigenvalue weighted by atomic mass is 16.5. The molecule has 1 N–H and O–H groups in total. The molecule has 3 aromatic rings. The predicted molar refractivity (Wildman–Crippen MR) is 168 cm³/mol. The number of ketones is 1. The summed E-state index contributed by atoms with van der Waals surface area (Å²) in [7, 11) is 3.35. The molecule has 2 heterocycles. The van der Waals surface area contributed by atoms with Gasteiger partial charge in [0.05, 0.1) is 20.8 Å². The average Bonchev–Trinajstić information content (AvgIpc) is 3.34. The first kappa shape index (κ1) is 29.7. The van der Waals surface area contributed by atoms with Gasteiger partial charge in [-0.25, -0.2) is 0 Å². The van der Waals surface area contributed by atoms with Gasteiger partial charge in [-0.2, -0.15) is 0 Å². The number of nitrogens with one attached hydrogen (secondary N) is 1. The Morgan fingerprint density at radius 2 is 1.74 bits per heavy atom. The summed E-state index contributed by atoms with van der Waals surface area (Å²) in [6.07, 6.45) is 9.15. The van der Waals surface area contributed by atoms with Crippen molar-refractivity contribution in [3.8, 4) is 17.2 Å². The summed E-state index contributed by atoms with van der Waals surface area (Å²) in [5, 5.41) is 3.16. The zero-order valence-corrected chi connectivity index (χ0v) is 25.2. The van der Waals surface area contributed by atoms with Gasteiger partial charge in [0.15, 0.2) is 17.3 Å². The van der Waals surface area contributed by atoms with Gasteiger partial charge in [-0.05, 0) is 110 Å². The van der Waals surface area contributed by atoms with E-state index in [-0.39, 0.29) is 5.92 Å². The monoisotopic (exact) mass is 568 g/mol. The summed E-state index contributed by atoms with van der Waals surface area (Å²) in [6, 6.07) is 20.7. The molecule has 42 heavy (non-hydrogen) atoms. The molecule has 1 fully saturated rings. The number of hydrogen-bond donors (Lipinski definition) is 1. The smallest absolute Gasteiger partial charge is 0.166 e. The Bertz CT molecular complexity index is 1360. The standard InChI is InChI=1S/C26H33NO3.C10H11NO/c1-3-13-30-25-17-23-21(16-24(25)29-2)15-22(26(23)28)14-19-9-11-27(12-10-19)18-20-7-5-4-6-8-20;1-12-10-3-2-9-7-11-5-4-8(9)6-10/h4-8,16-17,19,22H,3,9-15,18H2,1-2H3;2-6,11H,7H2,1H3. The third-order valence-electron chi connectivity index (χ3n) is 8.55. The van der Waals surface area contributed by atoms with Crippen molar-refractivity contribution in [2.75, 3.05) is 33.9 Å². The SMILES string of the molecule is CCCOc1cc2c(cc1OC)CC(CC1CCN(Cc3ccccc3)CC1)C2=O.COc1ccc2c(c1)C=CNC2. The molecule has 6 heteroatoms. The van der Waals surface area contributed by atoms with Crippen LogP contribution in [0.3, 0.4) is 0 Å². The lowest BCUT2D eigenvalue weighted by atomic mass is 9.85. The minimum absolute atomic E-state index is 0.108. The molecule has 0 aromatic heterocycles. The van der Waals surface area contributed by atoms with Gasteiger partial charge in [0, 0.05) is 24.6 Å². The van der Waals surface area contributed by atoms with E-state index in [0.717, 1.165) is 68.1 Å². The molecule has 3 aromatic carbocycles. The van der Waals surface area contributed by atoms with Crippen LogP contribution >= 0.6 is 0 Å². The maximum atomic E-state index is 13.1. The maximum Gasteiger partial charge on any atom is 0.166 e. The minimum atomic E-state index is 0.108. The van der Waals surface area contributed by atoms with Gasteiger partial charge in [-0.1, -0.05) is 43.3 Å². The highest BCUT2D eigenvalue weighted by Gasteiger charge is 2.34. The third-order valence-corrected chi connectivity index (χ3v) is 8.55. The number of fused-ring (bicyclic) bond motifs is 2. The number of carbonyl (C=O) groups excluding carboxylic acids is 1. The van der Waals surface area contributed by atoms with Crippen molar-refractivity contribution in [2.45, 2.75) is 52.1 Å². The fourth-order valence-corrected chi connectivity index (χ4v) is 6.21. The van der Waals surface area contributed by atoms with Gasteiger partial charge in [0.1, 0.15) is 5.75 Å². The Morgan fingerprint density at radius 3 is 2.48 bits per heavy atom. The zero-order chi connectivity index (χ0) is 29.3. The number of benzene rings is 3. The van der Waals surface area contributed by atoms with Gasteiger partial charge >= 0.3 is 0 Å². The maximum absolute atomic E-state index is 13.1. The summed E-state index contributed by atoms with van der Waals surface area (Å²) in [6.45, 7) is 6.89. The zero-order valence-electron chi connectivity index (χ0n) is 25.2. The number of rotatable bonds is 9. The molecule has 6 nitrogen and oxygen atoms in total. The molecule has 1 saturated heterocycles. The molecule has 0 spiro atoms. The topological polar surface area (TPSA) is 60.0 Å². The molecular weight excluding hydrogens is 524 g/mol. The average molecular weight is 569 g/mol. The van der Waals surface area contributed by atoms with Gasteiger partial charge in [-0.3, -0.25) is 9.69 Å². The van der Waals surface area contributed by atoms with Crippen molar-refractivity contribution in [2.24, 2.45) is 11.8 Å². The lowest BCUT2D eigenvalue weighted by Gasteiger charge is -2.32. The van der Waals surface area contributed by atoms with Crippen LogP contribution in [-0.4, -0.2) is 44.6 Å². The molecule has 222 valence electrons. The number of piperidine rings is 1. The number of methoxy groups -OCH3 is 2. The Hall–Kier alpha value is -3.77. The second-order valence-corrected chi connectivity index (χ2v) is 11.5. The predicted octanol–water partition coefficient (Wildman–Crippen LogP) is 6.91. The molecule has 1 unspecified atom stereocenters. The normalized spacial score (nSPS) is 17.9. The molecular formula is C36H44N2O4. The van der Waals surface area contributed by atoms with Crippen molar-refractivity contribution in [3.63, 3.8) is 0 Å². The van der Waals surface area contributed by atoms with Crippen LogP contribution in [0.4, 0.5) is 0 Å². The quantitative estimate of drug-likeness (QED) is 0.303. The van der Waals surface area contributed by atoms with Crippen LogP contribution in [0, 0.1) is 11.8 Å². The van der Waals surface area contributed by atoms with Crippen molar-refractivity contribution in [1.82, 2.24) is 10.2 Å². The van der Waals surface area contributed by atoms with E-state index >= 15 is 0 Å². The second-order valence-electron chi connectivity index (χ2n) is 11.5. The first-order chi connectivity index (χ1) is 20.6.